The van der Waals surface area contributed by atoms with Crippen molar-refractivity contribution in [1.29, 1.82) is 0 Å². The summed E-state index contributed by atoms with van der Waals surface area (Å²) in [5, 5.41) is 1.03. The molecule has 0 fully saturated rings. The van der Waals surface area contributed by atoms with Crippen molar-refractivity contribution in [2.24, 2.45) is 4.99 Å². The predicted octanol–water partition coefficient (Wildman–Crippen LogP) is 4.28. The number of aliphatic imine (C=N–C) groups is 1. The lowest BCUT2D eigenvalue weighted by atomic mass is 10.00. The van der Waals surface area contributed by atoms with Gasteiger partial charge in [0.05, 0.1) is 28.9 Å². The van der Waals surface area contributed by atoms with Crippen LogP contribution in [0.25, 0.3) is 0 Å². The van der Waals surface area contributed by atoms with Crippen LogP contribution < -0.4 is 9.64 Å². The summed E-state index contributed by atoms with van der Waals surface area (Å²) in [6.07, 6.45) is 0. The number of hydrogen-bond acceptors (Lipinski definition) is 4. The predicted molar refractivity (Wildman–Crippen MR) is 103 cm³/mol. The summed E-state index contributed by atoms with van der Waals surface area (Å²) in [5.74, 6) is 1.30. The van der Waals surface area contributed by atoms with Gasteiger partial charge in [0.25, 0.3) is 5.91 Å². The summed E-state index contributed by atoms with van der Waals surface area (Å²) >= 11 is 12.8. The molecule has 2 aromatic rings. The molecule has 0 aromatic heterocycles. The second-order valence-corrected chi connectivity index (χ2v) is 7.12. The number of halogens is 2. The van der Waals surface area contributed by atoms with E-state index in [4.69, 9.17) is 27.9 Å². The van der Waals surface area contributed by atoms with Crippen LogP contribution in [0, 0.1) is 0 Å². The van der Waals surface area contributed by atoms with E-state index in [1.807, 2.05) is 42.2 Å². The highest BCUT2D eigenvalue weighted by Crippen LogP contribution is 2.45. The molecule has 2 heterocycles. The average molecular weight is 390 g/mol. The van der Waals surface area contributed by atoms with Crippen LogP contribution in [0.1, 0.15) is 24.1 Å². The van der Waals surface area contributed by atoms with Gasteiger partial charge in [-0.3, -0.25) is 4.79 Å². The van der Waals surface area contributed by atoms with Crippen LogP contribution in [0.2, 0.25) is 10.0 Å². The number of nitrogens with zero attached hydrogens (tertiary/aromatic N) is 3. The van der Waals surface area contributed by atoms with E-state index >= 15 is 0 Å². The van der Waals surface area contributed by atoms with Gasteiger partial charge in [-0.25, -0.2) is 0 Å². The zero-order chi connectivity index (χ0) is 18.4. The van der Waals surface area contributed by atoms with Crippen LogP contribution in [0.3, 0.4) is 0 Å². The molecule has 0 bridgehead atoms. The number of carbonyl (C=O) groups is 1. The van der Waals surface area contributed by atoms with Crippen molar-refractivity contribution < 1.29 is 9.53 Å². The van der Waals surface area contributed by atoms with E-state index in [-0.39, 0.29) is 18.5 Å². The molecule has 134 valence electrons. The van der Waals surface area contributed by atoms with Crippen molar-refractivity contribution in [1.82, 2.24) is 4.90 Å². The molecule has 2 aromatic carbocycles. The van der Waals surface area contributed by atoms with Gasteiger partial charge < -0.3 is 14.5 Å². The first-order valence-corrected chi connectivity index (χ1v) is 9.01. The van der Waals surface area contributed by atoms with Gasteiger partial charge in [0.1, 0.15) is 12.3 Å². The van der Waals surface area contributed by atoms with E-state index in [1.54, 1.807) is 13.2 Å². The molecule has 0 aliphatic carbocycles. The third kappa shape index (κ3) is 2.72. The van der Waals surface area contributed by atoms with Crippen molar-refractivity contribution in [2.75, 3.05) is 18.6 Å². The van der Waals surface area contributed by atoms with Crippen LogP contribution >= 0.6 is 23.2 Å². The topological polar surface area (TPSA) is 45.1 Å². The van der Waals surface area contributed by atoms with Gasteiger partial charge >= 0.3 is 0 Å². The van der Waals surface area contributed by atoms with Crippen LogP contribution in [0.5, 0.6) is 5.75 Å². The van der Waals surface area contributed by atoms with Crippen molar-refractivity contribution in [3.8, 4) is 5.75 Å². The molecule has 4 rings (SSSR count). The van der Waals surface area contributed by atoms with E-state index in [2.05, 4.69) is 9.89 Å². The van der Waals surface area contributed by atoms with Crippen LogP contribution in [0.4, 0.5) is 5.69 Å². The molecule has 7 heteroatoms. The Morgan fingerprint density at radius 1 is 1.19 bits per heavy atom. The zero-order valence-corrected chi connectivity index (χ0v) is 15.9. The number of guanidine groups is 1. The van der Waals surface area contributed by atoms with Crippen molar-refractivity contribution in [3.63, 3.8) is 0 Å². The number of amides is 1. The van der Waals surface area contributed by atoms with Crippen molar-refractivity contribution in [2.45, 2.75) is 19.5 Å². The molecule has 0 N–H and O–H groups in total. The Kier molecular flexibility index (Phi) is 4.29. The lowest BCUT2D eigenvalue weighted by Crippen LogP contribution is -2.47. The molecule has 1 unspecified atom stereocenters. The quantitative estimate of drug-likeness (QED) is 0.785. The Morgan fingerprint density at radius 2 is 1.92 bits per heavy atom. The van der Waals surface area contributed by atoms with Gasteiger partial charge in [-0.05, 0) is 36.8 Å². The standard InChI is InChI=1S/C19H17Cl2N3O2/c1-11-17-15(8-7-14(20)18(17)21)24-10-16(25)22-19(24)23(11)9-12-3-5-13(26-2)6-4-12/h3-8,11H,9-10H2,1-2H3. The summed E-state index contributed by atoms with van der Waals surface area (Å²) in [5.41, 5.74) is 2.89. The summed E-state index contributed by atoms with van der Waals surface area (Å²) in [6, 6.07) is 11.4. The average Bonchev–Trinajstić information content (AvgIpc) is 3.03. The molecule has 2 aliphatic rings. The van der Waals surface area contributed by atoms with E-state index in [1.165, 1.54) is 0 Å². The Hall–Kier alpha value is -2.24. The Bertz CT molecular complexity index is 912. The first-order chi connectivity index (χ1) is 12.5. The van der Waals surface area contributed by atoms with E-state index < -0.39 is 0 Å². The maximum absolute atomic E-state index is 12.0. The minimum Gasteiger partial charge on any atom is -0.497 e. The third-order valence-electron chi connectivity index (χ3n) is 4.81. The molecular formula is C19H17Cl2N3O2. The Balaban J connectivity index is 1.77. The molecule has 5 nitrogen and oxygen atoms in total. The molecule has 2 aliphatic heterocycles. The second kappa shape index (κ2) is 6.49. The fourth-order valence-electron chi connectivity index (χ4n) is 3.48. The monoisotopic (exact) mass is 389 g/mol. The number of methoxy groups -OCH3 is 1. The minimum absolute atomic E-state index is 0.0702. The number of carbonyl (C=O) groups excluding carboxylic acids is 1. The SMILES string of the molecule is COc1ccc(CN2C3=NC(=O)CN3c3ccc(Cl)c(Cl)c3C2C)cc1. The first kappa shape index (κ1) is 17.2. The number of fused-ring (bicyclic) bond motifs is 3. The number of benzene rings is 2. The van der Waals surface area contributed by atoms with E-state index in [0.717, 1.165) is 22.6 Å². The summed E-state index contributed by atoms with van der Waals surface area (Å²) in [4.78, 5) is 20.3. The Morgan fingerprint density at radius 3 is 2.62 bits per heavy atom. The molecule has 1 amide bonds. The number of anilines is 1. The smallest absolute Gasteiger partial charge is 0.268 e. The molecule has 26 heavy (non-hydrogen) atoms. The van der Waals surface area contributed by atoms with Crippen molar-refractivity contribution in [3.05, 3.63) is 57.6 Å². The van der Waals surface area contributed by atoms with Crippen LogP contribution in [-0.4, -0.2) is 30.4 Å². The van der Waals surface area contributed by atoms with E-state index in [0.29, 0.717) is 22.5 Å². The fourth-order valence-corrected chi connectivity index (χ4v) is 3.96. The molecule has 0 saturated carbocycles. The number of ether oxygens (including phenoxy) is 1. The van der Waals surface area contributed by atoms with Gasteiger partial charge in [-0.1, -0.05) is 35.3 Å². The highest BCUT2D eigenvalue weighted by Gasteiger charge is 2.39. The van der Waals surface area contributed by atoms with Crippen molar-refractivity contribution >= 4 is 40.8 Å². The van der Waals surface area contributed by atoms with E-state index in [9.17, 15) is 4.79 Å². The first-order valence-electron chi connectivity index (χ1n) is 8.26. The molecular weight excluding hydrogens is 373 g/mol. The normalized spacial score (nSPS) is 18.5. The Labute approximate surface area is 161 Å². The third-order valence-corrected chi connectivity index (χ3v) is 5.63. The van der Waals surface area contributed by atoms with Crippen LogP contribution in [0.15, 0.2) is 41.4 Å². The summed E-state index contributed by atoms with van der Waals surface area (Å²) in [7, 11) is 1.64. The van der Waals surface area contributed by atoms with Gasteiger partial charge in [0.2, 0.25) is 5.96 Å². The molecule has 0 spiro atoms. The highest BCUT2D eigenvalue weighted by molar-refractivity contribution is 6.43. The van der Waals surface area contributed by atoms with Gasteiger partial charge in [0, 0.05) is 12.1 Å². The lowest BCUT2D eigenvalue weighted by Gasteiger charge is -2.42. The van der Waals surface area contributed by atoms with Crippen LogP contribution in [-0.2, 0) is 11.3 Å². The number of rotatable bonds is 3. The van der Waals surface area contributed by atoms with Gasteiger partial charge in [-0.15, -0.1) is 0 Å². The highest BCUT2D eigenvalue weighted by atomic mass is 35.5. The fraction of sp³-hybridized carbons (Fsp3) is 0.263. The second-order valence-electron chi connectivity index (χ2n) is 6.34. The zero-order valence-electron chi connectivity index (χ0n) is 14.4. The van der Waals surface area contributed by atoms with Gasteiger partial charge in [-0.2, -0.15) is 4.99 Å². The lowest BCUT2D eigenvalue weighted by molar-refractivity contribution is -0.115. The number of hydrogen-bond donors (Lipinski definition) is 0. The minimum atomic E-state index is -0.161. The maximum atomic E-state index is 12.0. The summed E-state index contributed by atoms with van der Waals surface area (Å²) < 4.78 is 5.22. The molecule has 0 radical (unpaired) electrons. The summed E-state index contributed by atoms with van der Waals surface area (Å²) in [6.45, 7) is 2.86. The largest absolute Gasteiger partial charge is 0.497 e. The maximum Gasteiger partial charge on any atom is 0.268 e. The molecule has 1 atom stereocenters. The van der Waals surface area contributed by atoms with Gasteiger partial charge in [0.15, 0.2) is 0 Å². The molecule has 0 saturated heterocycles.